The second kappa shape index (κ2) is 9.83. The summed E-state index contributed by atoms with van der Waals surface area (Å²) in [4.78, 5) is 5.09. The van der Waals surface area contributed by atoms with Crippen molar-refractivity contribution in [2.24, 2.45) is 5.16 Å². The molecule has 0 aliphatic rings. The molecule has 5 nitrogen and oxygen atoms in total. The summed E-state index contributed by atoms with van der Waals surface area (Å²) >= 11 is 3.34. The van der Waals surface area contributed by atoms with E-state index < -0.39 is 6.61 Å². The molecule has 2 aromatic carbocycles. The number of rotatable bonds is 9. The van der Waals surface area contributed by atoms with E-state index in [4.69, 9.17) is 14.3 Å². The van der Waals surface area contributed by atoms with Crippen LogP contribution >= 0.6 is 15.9 Å². The molecule has 0 aliphatic carbocycles. The predicted octanol–water partition coefficient (Wildman–Crippen LogP) is 4.49. The van der Waals surface area contributed by atoms with E-state index in [1.54, 1.807) is 6.07 Å². The van der Waals surface area contributed by atoms with E-state index in [1.807, 2.05) is 24.3 Å². The highest BCUT2D eigenvalue weighted by Crippen LogP contribution is 2.28. The van der Waals surface area contributed by atoms with Crippen molar-refractivity contribution >= 4 is 22.1 Å². The van der Waals surface area contributed by atoms with E-state index in [-0.39, 0.29) is 18.1 Å². The molecule has 0 spiro atoms. The molecule has 134 valence electrons. The quantitative estimate of drug-likeness (QED) is 0.344. The highest BCUT2D eigenvalue weighted by molar-refractivity contribution is 9.10. The molecule has 2 rings (SSSR count). The number of oxime groups is 1. The number of alkyl halides is 2. The number of hydrogen-bond acceptors (Lipinski definition) is 5. The van der Waals surface area contributed by atoms with Crippen LogP contribution in [0.15, 0.2) is 52.1 Å². The zero-order valence-electron chi connectivity index (χ0n) is 13.3. The SMILES string of the molecule is COc1cc(/C=N/OCCOc2ccc(Br)cc2)ccc1OC(F)F. The molecule has 0 N–H and O–H groups in total. The van der Waals surface area contributed by atoms with Gasteiger partial charge in [0.25, 0.3) is 0 Å². The van der Waals surface area contributed by atoms with Gasteiger partial charge < -0.3 is 19.0 Å². The van der Waals surface area contributed by atoms with Crippen molar-refractivity contribution in [3.63, 3.8) is 0 Å². The van der Waals surface area contributed by atoms with Gasteiger partial charge >= 0.3 is 6.61 Å². The van der Waals surface area contributed by atoms with Crippen LogP contribution in [0.3, 0.4) is 0 Å². The Labute approximate surface area is 152 Å². The van der Waals surface area contributed by atoms with E-state index in [0.29, 0.717) is 12.2 Å². The number of methoxy groups -OCH3 is 1. The number of benzene rings is 2. The number of ether oxygens (including phenoxy) is 3. The van der Waals surface area contributed by atoms with Crippen LogP contribution < -0.4 is 14.2 Å². The van der Waals surface area contributed by atoms with Crippen LogP contribution in [0.25, 0.3) is 0 Å². The first kappa shape index (κ1) is 19.0. The van der Waals surface area contributed by atoms with Crippen molar-refractivity contribution in [1.29, 1.82) is 0 Å². The summed E-state index contributed by atoms with van der Waals surface area (Å²) in [6.07, 6.45) is 1.44. The lowest BCUT2D eigenvalue weighted by atomic mass is 10.2. The van der Waals surface area contributed by atoms with Crippen LogP contribution in [0, 0.1) is 0 Å². The van der Waals surface area contributed by atoms with Crippen LogP contribution in [-0.4, -0.2) is 33.1 Å². The first-order chi connectivity index (χ1) is 12.1. The molecular weight excluding hydrogens is 400 g/mol. The highest BCUT2D eigenvalue weighted by atomic mass is 79.9. The summed E-state index contributed by atoms with van der Waals surface area (Å²) in [5.74, 6) is 0.872. The van der Waals surface area contributed by atoms with E-state index in [0.717, 1.165) is 10.2 Å². The Morgan fingerprint density at radius 1 is 1.08 bits per heavy atom. The molecule has 0 aliphatic heterocycles. The van der Waals surface area contributed by atoms with Crippen molar-refractivity contribution in [1.82, 2.24) is 0 Å². The van der Waals surface area contributed by atoms with Gasteiger partial charge in [-0.1, -0.05) is 21.1 Å². The van der Waals surface area contributed by atoms with Crippen molar-refractivity contribution < 1.29 is 27.8 Å². The smallest absolute Gasteiger partial charge is 0.387 e. The van der Waals surface area contributed by atoms with Gasteiger partial charge in [-0.25, -0.2) is 0 Å². The minimum atomic E-state index is -2.91. The molecule has 0 radical (unpaired) electrons. The lowest BCUT2D eigenvalue weighted by molar-refractivity contribution is -0.0512. The third-order valence-electron chi connectivity index (χ3n) is 2.94. The van der Waals surface area contributed by atoms with Gasteiger partial charge in [-0.05, 0) is 42.5 Å². The fourth-order valence-electron chi connectivity index (χ4n) is 1.84. The van der Waals surface area contributed by atoms with Crippen molar-refractivity contribution in [3.8, 4) is 17.2 Å². The first-order valence-corrected chi connectivity index (χ1v) is 8.04. The normalized spacial score (nSPS) is 10.9. The van der Waals surface area contributed by atoms with Gasteiger partial charge in [0.1, 0.15) is 12.4 Å². The third kappa shape index (κ3) is 6.58. The number of halogens is 3. The van der Waals surface area contributed by atoms with Crippen LogP contribution in [0.1, 0.15) is 5.56 Å². The lowest BCUT2D eigenvalue weighted by Gasteiger charge is -2.09. The Balaban J connectivity index is 1.78. The lowest BCUT2D eigenvalue weighted by Crippen LogP contribution is -2.04. The maximum atomic E-state index is 12.3. The average molecular weight is 416 g/mol. The maximum Gasteiger partial charge on any atom is 0.387 e. The van der Waals surface area contributed by atoms with Gasteiger partial charge in [-0.3, -0.25) is 0 Å². The molecule has 0 saturated heterocycles. The summed E-state index contributed by atoms with van der Waals surface area (Å²) < 4.78 is 40.3. The Kier molecular flexibility index (Phi) is 7.46. The molecule has 2 aromatic rings. The first-order valence-electron chi connectivity index (χ1n) is 7.25. The summed E-state index contributed by atoms with van der Waals surface area (Å²) in [5.41, 5.74) is 0.618. The van der Waals surface area contributed by atoms with Gasteiger partial charge in [-0.15, -0.1) is 0 Å². The highest BCUT2D eigenvalue weighted by Gasteiger charge is 2.10. The fraction of sp³-hybridized carbons (Fsp3) is 0.235. The van der Waals surface area contributed by atoms with Crippen LogP contribution in [0.4, 0.5) is 8.78 Å². The van der Waals surface area contributed by atoms with Crippen molar-refractivity contribution in [2.75, 3.05) is 20.3 Å². The Morgan fingerprint density at radius 3 is 2.52 bits per heavy atom. The average Bonchev–Trinajstić information content (AvgIpc) is 2.60. The van der Waals surface area contributed by atoms with Crippen LogP contribution in [0.2, 0.25) is 0 Å². The second-order valence-electron chi connectivity index (χ2n) is 4.66. The Hall–Kier alpha value is -2.35. The Morgan fingerprint density at radius 2 is 1.84 bits per heavy atom. The van der Waals surface area contributed by atoms with E-state index >= 15 is 0 Å². The zero-order chi connectivity index (χ0) is 18.1. The molecule has 25 heavy (non-hydrogen) atoms. The molecule has 0 bridgehead atoms. The third-order valence-corrected chi connectivity index (χ3v) is 3.47. The number of nitrogens with zero attached hydrogens (tertiary/aromatic N) is 1. The Bertz CT molecular complexity index is 696. The van der Waals surface area contributed by atoms with Gasteiger partial charge in [0.2, 0.25) is 0 Å². The van der Waals surface area contributed by atoms with Gasteiger partial charge in [-0.2, -0.15) is 8.78 Å². The van der Waals surface area contributed by atoms with E-state index in [1.165, 1.54) is 25.5 Å². The topological polar surface area (TPSA) is 49.3 Å². The summed E-state index contributed by atoms with van der Waals surface area (Å²) in [6.45, 7) is -2.32. The van der Waals surface area contributed by atoms with Crippen molar-refractivity contribution in [3.05, 3.63) is 52.5 Å². The van der Waals surface area contributed by atoms with Gasteiger partial charge in [0, 0.05) is 10.0 Å². The largest absolute Gasteiger partial charge is 0.493 e. The van der Waals surface area contributed by atoms with Gasteiger partial charge in [0.15, 0.2) is 18.1 Å². The van der Waals surface area contributed by atoms with Crippen LogP contribution in [-0.2, 0) is 4.84 Å². The number of hydrogen-bond donors (Lipinski definition) is 0. The summed E-state index contributed by atoms with van der Waals surface area (Å²) in [6, 6.07) is 11.9. The maximum absolute atomic E-state index is 12.3. The second-order valence-corrected chi connectivity index (χ2v) is 5.57. The summed E-state index contributed by atoms with van der Waals surface area (Å²) in [5, 5.41) is 3.80. The fourth-order valence-corrected chi connectivity index (χ4v) is 2.10. The molecule has 0 atom stereocenters. The van der Waals surface area contributed by atoms with E-state index in [9.17, 15) is 8.78 Å². The minimum absolute atomic E-state index is 0.0431. The molecule has 0 unspecified atom stereocenters. The predicted molar refractivity (Wildman–Crippen MR) is 92.8 cm³/mol. The zero-order valence-corrected chi connectivity index (χ0v) is 14.9. The molecular formula is C17H16BrF2NO4. The van der Waals surface area contributed by atoms with Crippen molar-refractivity contribution in [2.45, 2.75) is 6.61 Å². The molecule has 0 amide bonds. The summed E-state index contributed by atoms with van der Waals surface area (Å²) in [7, 11) is 1.37. The molecule has 8 heteroatoms. The molecule has 0 aromatic heterocycles. The molecule has 0 fully saturated rings. The van der Waals surface area contributed by atoms with Crippen LogP contribution in [0.5, 0.6) is 17.2 Å². The van der Waals surface area contributed by atoms with E-state index in [2.05, 4.69) is 25.8 Å². The minimum Gasteiger partial charge on any atom is -0.493 e. The molecule has 0 saturated carbocycles. The monoisotopic (exact) mass is 415 g/mol. The standard InChI is InChI=1S/C17H16BrF2NO4/c1-22-16-10-12(2-7-15(16)25-17(19)20)11-21-24-9-8-23-14-5-3-13(18)4-6-14/h2-7,10-11,17H,8-9H2,1H3/b21-11+. The van der Waals surface area contributed by atoms with Gasteiger partial charge in [0.05, 0.1) is 13.3 Å². The molecule has 0 heterocycles.